The maximum absolute atomic E-state index is 13.9. The Morgan fingerprint density at radius 1 is 1.18 bits per heavy atom. The normalized spacial score (nSPS) is 11.6. The maximum Gasteiger partial charge on any atom is 0.280 e. The Hall–Kier alpha value is -4.56. The van der Waals surface area contributed by atoms with E-state index in [9.17, 15) is 18.4 Å². The average molecular weight is 579 g/mol. The molecule has 0 saturated heterocycles. The molecule has 6 rings (SSSR count). The summed E-state index contributed by atoms with van der Waals surface area (Å²) in [7, 11) is 0. The number of primary amides is 1. The Morgan fingerprint density at radius 2 is 2.00 bits per heavy atom. The lowest BCUT2D eigenvalue weighted by molar-refractivity contribution is 0.100. The first-order valence-corrected chi connectivity index (χ1v) is 13.7. The number of carbonyl (C=O) groups is 2. The Balaban J connectivity index is 1.52. The highest BCUT2D eigenvalue weighted by Crippen LogP contribution is 2.43. The molecule has 6 aromatic heterocycles. The molecule has 2 amide bonds. The molecule has 3 N–H and O–H groups in total. The molecule has 0 unspecified atom stereocenters. The second-order valence-corrected chi connectivity index (χ2v) is 10.7. The molecule has 0 bridgehead atoms. The van der Waals surface area contributed by atoms with E-state index in [1.54, 1.807) is 27.7 Å². The number of carbonyl (C=O) groups excluding carboxylic acids is 2. The number of alkyl halides is 2. The van der Waals surface area contributed by atoms with E-state index < -0.39 is 23.9 Å². The maximum atomic E-state index is 13.9. The highest BCUT2D eigenvalue weighted by atomic mass is 32.1. The minimum absolute atomic E-state index is 0.0206. The summed E-state index contributed by atoms with van der Waals surface area (Å²) in [6.45, 7) is 4.29. The molecule has 6 heterocycles. The number of halogens is 2. The van der Waals surface area contributed by atoms with E-state index in [4.69, 9.17) is 5.73 Å². The van der Waals surface area contributed by atoms with Crippen molar-refractivity contribution in [2.45, 2.75) is 26.8 Å². The van der Waals surface area contributed by atoms with Crippen molar-refractivity contribution in [1.29, 1.82) is 0 Å². The number of aromatic nitrogens is 6. The smallest absolute Gasteiger partial charge is 0.280 e. The molecule has 0 saturated carbocycles. The van der Waals surface area contributed by atoms with Crippen LogP contribution in [-0.4, -0.2) is 41.2 Å². The van der Waals surface area contributed by atoms with Crippen LogP contribution in [0.1, 0.15) is 44.8 Å². The van der Waals surface area contributed by atoms with Gasteiger partial charge in [0.25, 0.3) is 18.2 Å². The Kier molecular flexibility index (Phi) is 6.35. The highest BCUT2D eigenvalue weighted by Gasteiger charge is 2.27. The highest BCUT2D eigenvalue weighted by molar-refractivity contribution is 7.21. The van der Waals surface area contributed by atoms with Crippen molar-refractivity contribution in [3.63, 3.8) is 0 Å². The molecule has 10 nitrogen and oxygen atoms in total. The molecule has 202 valence electrons. The van der Waals surface area contributed by atoms with E-state index in [1.165, 1.54) is 23.6 Å². The molecule has 0 aliphatic rings. The number of fused-ring (bicyclic) bond motifs is 2. The predicted molar refractivity (Wildman–Crippen MR) is 149 cm³/mol. The molecule has 40 heavy (non-hydrogen) atoms. The van der Waals surface area contributed by atoms with E-state index >= 15 is 0 Å². The monoisotopic (exact) mass is 578 g/mol. The van der Waals surface area contributed by atoms with Gasteiger partial charge in [-0.25, -0.2) is 23.3 Å². The molecule has 0 aliphatic carbocycles. The number of amides is 2. The fraction of sp³-hybridized carbons (Fsp3) is 0.154. The van der Waals surface area contributed by atoms with Crippen LogP contribution in [0.25, 0.3) is 37.6 Å². The summed E-state index contributed by atoms with van der Waals surface area (Å²) in [6.07, 6.45) is 1.68. The van der Waals surface area contributed by atoms with Crippen LogP contribution >= 0.6 is 22.7 Å². The third kappa shape index (κ3) is 4.12. The molecule has 0 aromatic carbocycles. The van der Waals surface area contributed by atoms with E-state index in [0.29, 0.717) is 28.7 Å². The van der Waals surface area contributed by atoms with E-state index in [2.05, 4.69) is 25.5 Å². The zero-order valence-electron chi connectivity index (χ0n) is 21.1. The predicted octanol–water partition coefficient (Wildman–Crippen LogP) is 5.55. The first-order valence-electron chi connectivity index (χ1n) is 12.0. The van der Waals surface area contributed by atoms with Crippen LogP contribution in [0.3, 0.4) is 0 Å². The van der Waals surface area contributed by atoms with E-state index in [0.717, 1.165) is 27.6 Å². The Bertz CT molecular complexity index is 1920. The lowest BCUT2D eigenvalue weighted by Gasteiger charge is -2.11. The van der Waals surface area contributed by atoms with Crippen LogP contribution in [0.15, 0.2) is 48.2 Å². The number of nitrogens with two attached hydrogens (primary N) is 1. The van der Waals surface area contributed by atoms with Crippen LogP contribution in [0.5, 0.6) is 0 Å². The van der Waals surface area contributed by atoms with Gasteiger partial charge in [-0.05, 0) is 43.0 Å². The topological polar surface area (TPSA) is 133 Å². The molecule has 14 heteroatoms. The first-order chi connectivity index (χ1) is 19.3. The summed E-state index contributed by atoms with van der Waals surface area (Å²) in [4.78, 5) is 35.6. The SMILES string of the molecule is CCn1ncc(-c2cc(C(F)F)nc3sc(C(N)=O)c(NC(=O)c4cnn5c(-c6cccs6)ccnc45)c23)c1C. The lowest BCUT2D eigenvalue weighted by atomic mass is 10.0. The summed E-state index contributed by atoms with van der Waals surface area (Å²) >= 11 is 2.36. The third-order valence-corrected chi connectivity index (χ3v) is 8.47. The fourth-order valence-corrected chi connectivity index (χ4v) is 6.36. The van der Waals surface area contributed by atoms with Gasteiger partial charge in [-0.3, -0.25) is 14.3 Å². The quantitative estimate of drug-likeness (QED) is 0.255. The number of anilines is 1. The summed E-state index contributed by atoms with van der Waals surface area (Å²) in [6, 6.07) is 6.90. The van der Waals surface area contributed by atoms with Crippen molar-refractivity contribution in [1.82, 2.24) is 29.4 Å². The largest absolute Gasteiger partial charge is 0.365 e. The van der Waals surface area contributed by atoms with Crippen molar-refractivity contribution < 1.29 is 18.4 Å². The van der Waals surface area contributed by atoms with Gasteiger partial charge >= 0.3 is 0 Å². The van der Waals surface area contributed by atoms with Gasteiger partial charge in [0.2, 0.25) is 0 Å². The van der Waals surface area contributed by atoms with Crippen LogP contribution in [0.4, 0.5) is 14.5 Å². The van der Waals surface area contributed by atoms with Crippen molar-refractivity contribution in [2.75, 3.05) is 5.32 Å². The molecule has 0 spiro atoms. The first kappa shape index (κ1) is 25.7. The van der Waals surface area contributed by atoms with Gasteiger partial charge in [0.1, 0.15) is 21.0 Å². The van der Waals surface area contributed by atoms with Gasteiger partial charge in [-0.2, -0.15) is 10.2 Å². The number of hydrogen-bond donors (Lipinski definition) is 2. The minimum Gasteiger partial charge on any atom is -0.365 e. The average Bonchev–Trinajstić information content (AvgIpc) is 3.73. The minimum atomic E-state index is -2.86. The molecular weight excluding hydrogens is 558 g/mol. The Labute approximate surface area is 233 Å². The second-order valence-electron chi connectivity index (χ2n) is 8.76. The number of aryl methyl sites for hydroxylation is 1. The Morgan fingerprint density at radius 3 is 2.67 bits per heavy atom. The molecule has 0 aliphatic heterocycles. The van der Waals surface area contributed by atoms with Gasteiger partial charge < -0.3 is 11.1 Å². The summed E-state index contributed by atoms with van der Waals surface area (Å²) in [5.41, 5.74) is 8.17. The summed E-state index contributed by atoms with van der Waals surface area (Å²) in [5, 5.41) is 13.8. The van der Waals surface area contributed by atoms with Gasteiger partial charge in [0.15, 0.2) is 5.65 Å². The number of nitrogens with one attached hydrogen (secondary N) is 1. The van der Waals surface area contributed by atoms with Gasteiger partial charge in [-0.1, -0.05) is 6.07 Å². The number of nitrogens with zero attached hydrogens (tertiary/aromatic N) is 6. The zero-order chi connectivity index (χ0) is 28.1. The molecule has 0 atom stereocenters. The second kappa shape index (κ2) is 9.88. The lowest BCUT2D eigenvalue weighted by Crippen LogP contribution is -2.17. The third-order valence-electron chi connectivity index (χ3n) is 6.48. The van der Waals surface area contributed by atoms with Crippen LogP contribution in [0.2, 0.25) is 0 Å². The van der Waals surface area contributed by atoms with Crippen molar-refractivity contribution in [3.05, 3.63) is 70.1 Å². The number of pyridine rings is 1. The standard InChI is InChI=1S/C26H20F2N8O2S2/c1-3-35-12(2)14(10-31-35)13-9-16(22(27)28)33-26-19(13)20(21(40-26)23(29)37)34-25(38)15-11-32-36-17(6-7-30-24(15)36)18-5-4-8-39-18/h4-11,22H,3H2,1-2H3,(H2,29,37)(H,34,38). The van der Waals surface area contributed by atoms with Gasteiger partial charge in [0.05, 0.1) is 28.7 Å². The van der Waals surface area contributed by atoms with Crippen molar-refractivity contribution in [3.8, 4) is 21.7 Å². The van der Waals surface area contributed by atoms with Crippen LogP contribution in [0, 0.1) is 6.92 Å². The molecule has 0 radical (unpaired) electrons. The summed E-state index contributed by atoms with van der Waals surface area (Å²) in [5.74, 6) is -1.43. The van der Waals surface area contributed by atoms with Crippen LogP contribution < -0.4 is 11.1 Å². The van der Waals surface area contributed by atoms with E-state index in [-0.39, 0.29) is 21.0 Å². The number of thiophene rings is 2. The number of rotatable bonds is 7. The van der Waals surface area contributed by atoms with E-state index in [1.807, 2.05) is 31.4 Å². The van der Waals surface area contributed by atoms with Gasteiger partial charge in [0, 0.05) is 29.4 Å². The zero-order valence-corrected chi connectivity index (χ0v) is 22.7. The molecule has 0 fully saturated rings. The van der Waals surface area contributed by atoms with Crippen LogP contribution in [-0.2, 0) is 6.54 Å². The van der Waals surface area contributed by atoms with Crippen molar-refractivity contribution >= 4 is 56.0 Å². The van der Waals surface area contributed by atoms with Gasteiger partial charge in [-0.15, -0.1) is 22.7 Å². The number of hydrogen-bond acceptors (Lipinski definition) is 8. The summed E-state index contributed by atoms with van der Waals surface area (Å²) < 4.78 is 31.0. The molecule has 6 aromatic rings. The molecular formula is C26H20F2N8O2S2. The fourth-order valence-electron chi connectivity index (χ4n) is 4.61. The van der Waals surface area contributed by atoms with Crippen molar-refractivity contribution in [2.24, 2.45) is 5.73 Å².